The Kier molecular flexibility index (Phi) is 4.09. The average molecular weight is 260 g/mol. The van der Waals surface area contributed by atoms with Gasteiger partial charge >= 0.3 is 0 Å². The Hall–Kier alpha value is -0.280. The molecule has 0 bridgehead atoms. The van der Waals surface area contributed by atoms with Gasteiger partial charge in [0.25, 0.3) is 0 Å². The number of rotatable bonds is 2. The van der Waals surface area contributed by atoms with E-state index in [1.165, 1.54) is 0 Å². The Morgan fingerprint density at radius 3 is 2.88 bits per heavy atom. The van der Waals surface area contributed by atoms with E-state index in [0.717, 1.165) is 31.5 Å². The number of halogens is 2. The Balaban J connectivity index is 2.07. The third-order valence-corrected chi connectivity index (χ3v) is 3.65. The molecule has 0 amide bonds. The second-order valence-electron chi connectivity index (χ2n) is 4.26. The van der Waals surface area contributed by atoms with E-state index in [1.54, 1.807) is 6.07 Å². The van der Waals surface area contributed by atoms with Crippen LogP contribution < -0.4 is 5.32 Å². The molecule has 2 rings (SSSR count). The Bertz CT molecular complexity index is 370. The Morgan fingerprint density at radius 1 is 1.38 bits per heavy atom. The van der Waals surface area contributed by atoms with Gasteiger partial charge in [0.1, 0.15) is 0 Å². The molecule has 1 aliphatic rings. The van der Waals surface area contributed by atoms with Crippen molar-refractivity contribution in [2.75, 3.05) is 13.1 Å². The van der Waals surface area contributed by atoms with Crippen molar-refractivity contribution in [3.8, 4) is 0 Å². The first-order valence-corrected chi connectivity index (χ1v) is 6.25. The van der Waals surface area contributed by atoms with E-state index in [-0.39, 0.29) is 12.0 Å². The Labute approximate surface area is 106 Å². The molecule has 0 saturated carbocycles. The Morgan fingerprint density at radius 2 is 2.19 bits per heavy atom. The lowest BCUT2D eigenvalue weighted by Gasteiger charge is -2.28. The van der Waals surface area contributed by atoms with Gasteiger partial charge in [-0.25, -0.2) is 0 Å². The molecule has 0 aliphatic carbocycles. The first-order chi connectivity index (χ1) is 7.66. The van der Waals surface area contributed by atoms with Gasteiger partial charge in [-0.2, -0.15) is 0 Å². The van der Waals surface area contributed by atoms with Gasteiger partial charge in [0.2, 0.25) is 0 Å². The van der Waals surface area contributed by atoms with Crippen LogP contribution in [0.25, 0.3) is 0 Å². The smallest absolute Gasteiger partial charge is 0.0595 e. The van der Waals surface area contributed by atoms with Gasteiger partial charge in [0.15, 0.2) is 0 Å². The zero-order valence-corrected chi connectivity index (χ0v) is 10.4. The molecule has 4 heteroatoms. The van der Waals surface area contributed by atoms with Gasteiger partial charge in [0.05, 0.1) is 6.10 Å². The van der Waals surface area contributed by atoms with Crippen LogP contribution in [-0.4, -0.2) is 24.3 Å². The molecular weight excluding hydrogens is 245 g/mol. The summed E-state index contributed by atoms with van der Waals surface area (Å²) in [6.07, 6.45) is 1.38. The van der Waals surface area contributed by atoms with E-state index in [2.05, 4.69) is 5.32 Å². The number of benzene rings is 1. The molecule has 88 valence electrons. The zero-order chi connectivity index (χ0) is 11.5. The molecule has 16 heavy (non-hydrogen) atoms. The fraction of sp³-hybridized carbons (Fsp3) is 0.500. The summed E-state index contributed by atoms with van der Waals surface area (Å²) >= 11 is 12.0. The van der Waals surface area contributed by atoms with Crippen LogP contribution in [-0.2, 0) is 6.42 Å². The SMILES string of the molecule is OC1CCNCC1Cc1ccc(Cl)cc1Cl. The number of hydrogen-bond acceptors (Lipinski definition) is 2. The van der Waals surface area contributed by atoms with Crippen molar-refractivity contribution in [2.45, 2.75) is 18.9 Å². The van der Waals surface area contributed by atoms with Crippen LogP contribution in [0.15, 0.2) is 18.2 Å². The number of aliphatic hydroxyl groups is 1. The monoisotopic (exact) mass is 259 g/mol. The van der Waals surface area contributed by atoms with Crippen molar-refractivity contribution in [2.24, 2.45) is 5.92 Å². The van der Waals surface area contributed by atoms with E-state index >= 15 is 0 Å². The maximum Gasteiger partial charge on any atom is 0.0595 e. The first kappa shape index (κ1) is 12.2. The van der Waals surface area contributed by atoms with Crippen molar-refractivity contribution in [1.29, 1.82) is 0 Å². The maximum absolute atomic E-state index is 9.87. The fourth-order valence-electron chi connectivity index (χ4n) is 2.09. The van der Waals surface area contributed by atoms with Crippen LogP contribution in [0.3, 0.4) is 0 Å². The number of piperidine rings is 1. The zero-order valence-electron chi connectivity index (χ0n) is 8.92. The molecule has 2 unspecified atom stereocenters. The van der Waals surface area contributed by atoms with Crippen LogP contribution in [0.2, 0.25) is 10.0 Å². The van der Waals surface area contributed by atoms with E-state index in [4.69, 9.17) is 23.2 Å². The average Bonchev–Trinajstić information content (AvgIpc) is 2.25. The minimum Gasteiger partial charge on any atom is -0.393 e. The van der Waals surface area contributed by atoms with E-state index < -0.39 is 0 Å². The van der Waals surface area contributed by atoms with Gasteiger partial charge < -0.3 is 10.4 Å². The van der Waals surface area contributed by atoms with Gasteiger partial charge in [-0.15, -0.1) is 0 Å². The summed E-state index contributed by atoms with van der Waals surface area (Å²) < 4.78 is 0. The summed E-state index contributed by atoms with van der Waals surface area (Å²) in [5.41, 5.74) is 1.05. The van der Waals surface area contributed by atoms with Crippen molar-refractivity contribution < 1.29 is 5.11 Å². The molecule has 1 aromatic carbocycles. The van der Waals surface area contributed by atoms with Crippen molar-refractivity contribution in [1.82, 2.24) is 5.32 Å². The normalized spacial score (nSPS) is 25.7. The third-order valence-electron chi connectivity index (χ3n) is 3.06. The lowest BCUT2D eigenvalue weighted by atomic mass is 9.90. The third kappa shape index (κ3) is 2.89. The number of aliphatic hydroxyl groups excluding tert-OH is 1. The summed E-state index contributed by atoms with van der Waals surface area (Å²) in [4.78, 5) is 0. The molecule has 1 aliphatic heterocycles. The van der Waals surface area contributed by atoms with Crippen LogP contribution in [0, 0.1) is 5.92 Å². The molecule has 2 nitrogen and oxygen atoms in total. The van der Waals surface area contributed by atoms with E-state index in [0.29, 0.717) is 10.0 Å². The van der Waals surface area contributed by atoms with Crippen LogP contribution in [0.1, 0.15) is 12.0 Å². The molecule has 0 radical (unpaired) electrons. The number of nitrogens with one attached hydrogen (secondary N) is 1. The summed E-state index contributed by atoms with van der Waals surface area (Å²) in [7, 11) is 0. The second kappa shape index (κ2) is 5.37. The molecule has 0 spiro atoms. The lowest BCUT2D eigenvalue weighted by molar-refractivity contribution is 0.0792. The van der Waals surface area contributed by atoms with Crippen molar-refractivity contribution >= 4 is 23.2 Å². The highest BCUT2D eigenvalue weighted by Gasteiger charge is 2.23. The predicted octanol–water partition coefficient (Wildman–Crippen LogP) is 2.51. The topological polar surface area (TPSA) is 32.3 Å². The summed E-state index contributed by atoms with van der Waals surface area (Å²) in [5, 5.41) is 14.5. The van der Waals surface area contributed by atoms with Crippen LogP contribution >= 0.6 is 23.2 Å². The molecule has 0 aromatic heterocycles. The van der Waals surface area contributed by atoms with Crippen LogP contribution in [0.4, 0.5) is 0 Å². The molecule has 1 aromatic rings. The molecule has 1 fully saturated rings. The predicted molar refractivity (Wildman–Crippen MR) is 67.1 cm³/mol. The largest absolute Gasteiger partial charge is 0.393 e. The highest BCUT2D eigenvalue weighted by Crippen LogP contribution is 2.25. The highest BCUT2D eigenvalue weighted by molar-refractivity contribution is 6.35. The second-order valence-corrected chi connectivity index (χ2v) is 5.10. The lowest BCUT2D eigenvalue weighted by Crippen LogP contribution is -2.40. The standard InChI is InChI=1S/C12H15Cl2NO/c13-10-2-1-8(11(14)6-10)5-9-7-15-4-3-12(9)16/h1-2,6,9,12,15-16H,3-5,7H2. The number of hydrogen-bond donors (Lipinski definition) is 2. The maximum atomic E-state index is 9.87. The quantitative estimate of drug-likeness (QED) is 0.856. The fourth-order valence-corrected chi connectivity index (χ4v) is 2.57. The van der Waals surface area contributed by atoms with Gasteiger partial charge in [0, 0.05) is 22.5 Å². The van der Waals surface area contributed by atoms with Gasteiger partial charge in [-0.1, -0.05) is 29.3 Å². The van der Waals surface area contributed by atoms with Crippen molar-refractivity contribution in [3.05, 3.63) is 33.8 Å². The van der Waals surface area contributed by atoms with E-state index in [1.807, 2.05) is 12.1 Å². The molecule has 1 heterocycles. The van der Waals surface area contributed by atoms with E-state index in [9.17, 15) is 5.11 Å². The summed E-state index contributed by atoms with van der Waals surface area (Å²) in [6, 6.07) is 5.53. The summed E-state index contributed by atoms with van der Waals surface area (Å²) in [6.45, 7) is 1.74. The summed E-state index contributed by atoms with van der Waals surface area (Å²) in [5.74, 6) is 0.243. The van der Waals surface area contributed by atoms with Gasteiger partial charge in [-0.3, -0.25) is 0 Å². The van der Waals surface area contributed by atoms with Crippen LogP contribution in [0.5, 0.6) is 0 Å². The minimum absolute atomic E-state index is 0.229. The molecule has 2 atom stereocenters. The minimum atomic E-state index is -0.229. The van der Waals surface area contributed by atoms with Gasteiger partial charge in [-0.05, 0) is 37.1 Å². The molecular formula is C12H15Cl2NO. The molecule has 2 N–H and O–H groups in total. The van der Waals surface area contributed by atoms with Crippen molar-refractivity contribution in [3.63, 3.8) is 0 Å². The molecule has 1 saturated heterocycles. The first-order valence-electron chi connectivity index (χ1n) is 5.49. The highest BCUT2D eigenvalue weighted by atomic mass is 35.5.